The largest absolute Gasteiger partial charge is 0.394 e. The summed E-state index contributed by atoms with van der Waals surface area (Å²) in [6.45, 7) is 3.42. The summed E-state index contributed by atoms with van der Waals surface area (Å²) >= 11 is 0. The van der Waals surface area contributed by atoms with Crippen LogP contribution >= 0.6 is 0 Å². The van der Waals surface area contributed by atoms with Crippen molar-refractivity contribution in [3.05, 3.63) is 48.6 Å². The van der Waals surface area contributed by atoms with E-state index in [-0.39, 0.29) is 12.8 Å². The van der Waals surface area contributed by atoms with E-state index in [9.17, 15) is 40.5 Å². The van der Waals surface area contributed by atoms with Crippen LogP contribution in [-0.4, -0.2) is 110 Å². The zero-order chi connectivity index (χ0) is 55.4. The van der Waals surface area contributed by atoms with E-state index >= 15 is 0 Å². The molecule has 1 saturated heterocycles. The van der Waals surface area contributed by atoms with E-state index in [2.05, 4.69) is 67.8 Å². The Labute approximate surface area is 466 Å². The number of nitrogens with one attached hydrogen (secondary N) is 1. The third-order valence-corrected chi connectivity index (χ3v) is 15.3. The van der Waals surface area contributed by atoms with Gasteiger partial charge in [0, 0.05) is 0 Å². The van der Waals surface area contributed by atoms with Crippen molar-refractivity contribution in [3.8, 4) is 0 Å². The van der Waals surface area contributed by atoms with Crippen LogP contribution in [0.2, 0.25) is 0 Å². The van der Waals surface area contributed by atoms with Gasteiger partial charge in [-0.15, -0.1) is 0 Å². The van der Waals surface area contributed by atoms with Crippen molar-refractivity contribution >= 4 is 5.91 Å². The molecule has 0 bridgehead atoms. The number of allylic oxidation sites excluding steroid dienone is 8. The highest BCUT2D eigenvalue weighted by molar-refractivity contribution is 5.80. The maximum Gasteiger partial charge on any atom is 0.249 e. The van der Waals surface area contributed by atoms with E-state index in [0.717, 1.165) is 44.9 Å². The second kappa shape index (κ2) is 53.7. The van der Waals surface area contributed by atoms with Crippen molar-refractivity contribution < 1.29 is 50.0 Å². The molecular weight excluding hydrogens is 955 g/mol. The summed E-state index contributed by atoms with van der Waals surface area (Å²) in [4.78, 5) is 13.2. The lowest BCUT2D eigenvalue weighted by molar-refractivity contribution is -0.303. The molecule has 1 fully saturated rings. The molecule has 0 aromatic carbocycles. The molecule has 1 rings (SSSR count). The number of ether oxygens (including phenoxy) is 2. The van der Waals surface area contributed by atoms with Gasteiger partial charge < -0.3 is 50.5 Å². The Morgan fingerprint density at radius 3 is 1.26 bits per heavy atom. The maximum absolute atomic E-state index is 13.2. The van der Waals surface area contributed by atoms with E-state index in [1.54, 1.807) is 0 Å². The number of amides is 1. The van der Waals surface area contributed by atoms with Gasteiger partial charge in [0.2, 0.25) is 5.91 Å². The molecule has 0 radical (unpaired) electrons. The first-order valence-corrected chi connectivity index (χ1v) is 32.0. The molecular formula is C65H121NO10. The van der Waals surface area contributed by atoms with E-state index in [1.165, 1.54) is 199 Å². The molecule has 446 valence electrons. The number of aliphatic hydroxyl groups excluding tert-OH is 7. The molecule has 0 aromatic rings. The average molecular weight is 1080 g/mol. The second-order valence-corrected chi connectivity index (χ2v) is 22.5. The highest BCUT2D eigenvalue weighted by Crippen LogP contribution is 2.23. The van der Waals surface area contributed by atoms with E-state index in [1.807, 2.05) is 0 Å². The Balaban J connectivity index is 2.15. The van der Waals surface area contributed by atoms with E-state index < -0.39 is 74.2 Å². The fourth-order valence-electron chi connectivity index (χ4n) is 10.1. The molecule has 11 nitrogen and oxygen atoms in total. The lowest BCUT2D eigenvalue weighted by Crippen LogP contribution is -2.60. The van der Waals surface area contributed by atoms with Gasteiger partial charge in [-0.25, -0.2) is 0 Å². The molecule has 1 heterocycles. The van der Waals surface area contributed by atoms with E-state index in [4.69, 9.17) is 9.47 Å². The van der Waals surface area contributed by atoms with Gasteiger partial charge >= 0.3 is 0 Å². The van der Waals surface area contributed by atoms with E-state index in [0.29, 0.717) is 19.3 Å². The van der Waals surface area contributed by atoms with Crippen LogP contribution in [0, 0.1) is 0 Å². The van der Waals surface area contributed by atoms with Crippen molar-refractivity contribution in [1.82, 2.24) is 5.32 Å². The van der Waals surface area contributed by atoms with Gasteiger partial charge in [0.05, 0.1) is 25.4 Å². The number of carbonyl (C=O) groups is 1. The first kappa shape index (κ1) is 72.1. The zero-order valence-corrected chi connectivity index (χ0v) is 49.0. The van der Waals surface area contributed by atoms with Crippen molar-refractivity contribution in [3.63, 3.8) is 0 Å². The third kappa shape index (κ3) is 41.1. The minimum absolute atomic E-state index is 0.245. The lowest BCUT2D eigenvalue weighted by atomic mass is 9.98. The summed E-state index contributed by atoms with van der Waals surface area (Å²) in [5.74, 6) is -0.709. The van der Waals surface area contributed by atoms with Gasteiger partial charge in [0.25, 0.3) is 0 Å². The minimum atomic E-state index is -1.67. The monoisotopic (exact) mass is 1080 g/mol. The topological polar surface area (TPSA) is 189 Å². The third-order valence-electron chi connectivity index (χ3n) is 15.3. The standard InChI is InChI=1S/C65H121NO10/c1-3-5-7-9-11-13-15-17-18-19-20-21-22-23-24-25-26-27-28-29-30-31-32-33-34-35-36-37-38-39-41-43-45-47-49-51-53-58(69)64(74)66-56(55-75-65-63(73)62(72)61(71)59(54-67)76-65)60(70)57(68)52-50-48-46-44-42-40-16-14-12-10-8-6-4-2/h14,16,24-25,27-28,44,46,56-63,65,67-73H,3-13,15,17-23,26,29-43,45,47-55H2,1-2H3,(H,66,74)/b16-14+,25-24-,28-27-,46-44+. The lowest BCUT2D eigenvalue weighted by Gasteiger charge is -2.40. The molecule has 1 aliphatic rings. The summed E-state index contributed by atoms with van der Waals surface area (Å²) in [5, 5.41) is 76.0. The van der Waals surface area contributed by atoms with Crippen molar-refractivity contribution in [2.45, 2.75) is 345 Å². The molecule has 9 unspecified atom stereocenters. The number of rotatable bonds is 55. The van der Waals surface area contributed by atoms with Gasteiger partial charge in [-0.1, -0.05) is 255 Å². The smallest absolute Gasteiger partial charge is 0.249 e. The van der Waals surface area contributed by atoms with Gasteiger partial charge in [-0.05, 0) is 83.5 Å². The van der Waals surface area contributed by atoms with Crippen LogP contribution in [0.5, 0.6) is 0 Å². The average Bonchev–Trinajstić information content (AvgIpc) is 3.42. The summed E-state index contributed by atoms with van der Waals surface area (Å²) < 4.78 is 11.1. The predicted octanol–water partition coefficient (Wildman–Crippen LogP) is 14.4. The van der Waals surface area contributed by atoms with Crippen LogP contribution in [0.3, 0.4) is 0 Å². The number of hydrogen-bond donors (Lipinski definition) is 8. The number of hydrogen-bond acceptors (Lipinski definition) is 10. The van der Waals surface area contributed by atoms with Crippen molar-refractivity contribution in [1.29, 1.82) is 0 Å². The molecule has 1 amide bonds. The fraction of sp³-hybridized carbons (Fsp3) is 0.862. The molecule has 0 aliphatic carbocycles. The maximum atomic E-state index is 13.2. The minimum Gasteiger partial charge on any atom is -0.394 e. The highest BCUT2D eigenvalue weighted by atomic mass is 16.7. The molecule has 0 aromatic heterocycles. The SMILES string of the molecule is CCCCCC/C=C/CC/C=C/CCCC(O)C(O)C(COC1OC(CO)C(O)C(O)C1O)NC(=O)C(O)CCCCCCCCCCCCCCCCCC/C=C\C/C=C\CCCCCCCCCCCCCCC. The van der Waals surface area contributed by atoms with Crippen LogP contribution < -0.4 is 5.32 Å². The molecule has 11 heteroatoms. The first-order chi connectivity index (χ1) is 37.2. The van der Waals surface area contributed by atoms with Gasteiger partial charge in [-0.3, -0.25) is 4.79 Å². The second-order valence-electron chi connectivity index (χ2n) is 22.5. The predicted molar refractivity (Wildman–Crippen MR) is 316 cm³/mol. The van der Waals surface area contributed by atoms with Crippen LogP contribution in [0.25, 0.3) is 0 Å². The summed E-state index contributed by atoms with van der Waals surface area (Å²) in [7, 11) is 0. The van der Waals surface area contributed by atoms with Crippen molar-refractivity contribution in [2.24, 2.45) is 0 Å². The first-order valence-electron chi connectivity index (χ1n) is 32.0. The Kier molecular flexibility index (Phi) is 50.9. The van der Waals surface area contributed by atoms with Crippen LogP contribution in [0.4, 0.5) is 0 Å². The summed E-state index contributed by atoms with van der Waals surface area (Å²) in [5.41, 5.74) is 0. The number of carbonyl (C=O) groups excluding carboxylic acids is 1. The van der Waals surface area contributed by atoms with Crippen LogP contribution in [0.15, 0.2) is 48.6 Å². The Hall–Kier alpha value is -1.93. The molecule has 0 spiro atoms. The normalized spacial score (nSPS) is 19.9. The van der Waals surface area contributed by atoms with Crippen LogP contribution in [0.1, 0.15) is 290 Å². The molecule has 76 heavy (non-hydrogen) atoms. The molecule has 8 N–H and O–H groups in total. The fourth-order valence-corrected chi connectivity index (χ4v) is 10.1. The summed E-state index contributed by atoms with van der Waals surface area (Å²) in [6, 6.07) is -1.19. The van der Waals surface area contributed by atoms with Crippen molar-refractivity contribution in [2.75, 3.05) is 13.2 Å². The van der Waals surface area contributed by atoms with Crippen LogP contribution in [-0.2, 0) is 14.3 Å². The quantitative estimate of drug-likeness (QED) is 0.0215. The Bertz CT molecular complexity index is 1370. The van der Waals surface area contributed by atoms with Gasteiger partial charge in [0.1, 0.15) is 36.6 Å². The number of aliphatic hydroxyl groups is 7. The summed E-state index contributed by atoms with van der Waals surface area (Å²) in [6.07, 6.45) is 57.8. The molecule has 0 saturated carbocycles. The highest BCUT2D eigenvalue weighted by Gasteiger charge is 2.44. The van der Waals surface area contributed by atoms with Gasteiger partial charge in [-0.2, -0.15) is 0 Å². The zero-order valence-electron chi connectivity index (χ0n) is 49.0. The number of unbranched alkanes of at least 4 members (excludes halogenated alkanes) is 35. The Morgan fingerprint density at radius 2 is 0.829 bits per heavy atom. The van der Waals surface area contributed by atoms with Gasteiger partial charge in [0.15, 0.2) is 6.29 Å². The molecule has 9 atom stereocenters. The Morgan fingerprint density at radius 1 is 0.461 bits per heavy atom. The molecule has 1 aliphatic heterocycles.